The van der Waals surface area contributed by atoms with Crippen molar-refractivity contribution in [2.45, 2.75) is 26.2 Å². The number of nitrogens with one attached hydrogen (secondary N) is 2. The number of anilines is 1. The van der Waals surface area contributed by atoms with E-state index in [0.29, 0.717) is 23.6 Å². The van der Waals surface area contributed by atoms with Crippen molar-refractivity contribution in [3.63, 3.8) is 0 Å². The van der Waals surface area contributed by atoms with E-state index in [1.807, 2.05) is 6.92 Å². The van der Waals surface area contributed by atoms with Crippen molar-refractivity contribution in [2.24, 2.45) is 0 Å². The highest BCUT2D eigenvalue weighted by atomic mass is 32.2. The minimum Gasteiger partial charge on any atom is -0.454 e. The third kappa shape index (κ3) is 4.88. The Morgan fingerprint density at radius 1 is 1.27 bits per heavy atom. The molecule has 0 fully saturated rings. The molecule has 1 aliphatic rings. The van der Waals surface area contributed by atoms with Gasteiger partial charge in [-0.1, -0.05) is 13.3 Å². The number of hydrogen-bond donors (Lipinski definition) is 2. The van der Waals surface area contributed by atoms with Gasteiger partial charge < -0.3 is 14.8 Å². The summed E-state index contributed by atoms with van der Waals surface area (Å²) in [4.78, 5) is 11.8. The molecule has 0 unspecified atom stereocenters. The van der Waals surface area contributed by atoms with E-state index in [0.717, 1.165) is 6.42 Å². The Balaban J connectivity index is 1.76. The number of sulfonamides is 1. The van der Waals surface area contributed by atoms with E-state index in [2.05, 4.69) is 10.0 Å². The summed E-state index contributed by atoms with van der Waals surface area (Å²) in [6, 6.07) is 5.09. The molecule has 0 saturated carbocycles. The summed E-state index contributed by atoms with van der Waals surface area (Å²) >= 11 is 0. The van der Waals surface area contributed by atoms with Crippen LogP contribution in [0.25, 0.3) is 0 Å². The molecule has 0 aromatic heterocycles. The standard InChI is InChI=1S/C14H20N2O5S/c1-2-3-8-22(18,19)15-7-6-14(17)16-11-4-5-12-13(9-11)21-10-20-12/h4-5,9,15H,2-3,6-8,10H2,1H3,(H,16,17). The number of ether oxygens (including phenoxy) is 2. The lowest BCUT2D eigenvalue weighted by Crippen LogP contribution is -2.29. The van der Waals surface area contributed by atoms with Crippen molar-refractivity contribution >= 4 is 21.6 Å². The molecule has 0 spiro atoms. The molecule has 1 aromatic carbocycles. The Labute approximate surface area is 130 Å². The van der Waals surface area contributed by atoms with E-state index in [9.17, 15) is 13.2 Å². The third-order valence-corrected chi connectivity index (χ3v) is 4.57. The second kappa shape index (κ2) is 7.46. The highest BCUT2D eigenvalue weighted by Crippen LogP contribution is 2.34. The van der Waals surface area contributed by atoms with Gasteiger partial charge in [0.2, 0.25) is 22.7 Å². The highest BCUT2D eigenvalue weighted by molar-refractivity contribution is 7.89. The summed E-state index contributed by atoms with van der Waals surface area (Å²) < 4.78 is 36.0. The van der Waals surface area contributed by atoms with Crippen LogP contribution in [0, 0.1) is 0 Å². The predicted octanol–water partition coefficient (Wildman–Crippen LogP) is 1.46. The molecule has 2 rings (SSSR count). The van der Waals surface area contributed by atoms with Gasteiger partial charge in [-0.05, 0) is 18.6 Å². The molecule has 0 atom stereocenters. The zero-order valence-electron chi connectivity index (χ0n) is 12.4. The van der Waals surface area contributed by atoms with Crippen molar-refractivity contribution in [1.29, 1.82) is 0 Å². The van der Waals surface area contributed by atoms with Gasteiger partial charge in [0.15, 0.2) is 11.5 Å². The average Bonchev–Trinajstić information content (AvgIpc) is 2.92. The van der Waals surface area contributed by atoms with Crippen molar-refractivity contribution in [1.82, 2.24) is 4.72 Å². The smallest absolute Gasteiger partial charge is 0.231 e. The minimum atomic E-state index is -3.29. The Morgan fingerprint density at radius 3 is 2.82 bits per heavy atom. The van der Waals surface area contributed by atoms with Crippen LogP contribution < -0.4 is 19.5 Å². The van der Waals surface area contributed by atoms with E-state index in [-0.39, 0.29) is 31.4 Å². The fraction of sp³-hybridized carbons (Fsp3) is 0.500. The lowest BCUT2D eigenvalue weighted by atomic mass is 10.2. The minimum absolute atomic E-state index is 0.0692. The molecular weight excluding hydrogens is 308 g/mol. The molecule has 2 N–H and O–H groups in total. The van der Waals surface area contributed by atoms with Gasteiger partial charge >= 0.3 is 0 Å². The number of fused-ring (bicyclic) bond motifs is 1. The largest absolute Gasteiger partial charge is 0.454 e. The summed E-state index contributed by atoms with van der Waals surface area (Å²) in [6.07, 6.45) is 1.49. The van der Waals surface area contributed by atoms with E-state index in [1.54, 1.807) is 18.2 Å². The summed E-state index contributed by atoms with van der Waals surface area (Å²) in [7, 11) is -3.29. The summed E-state index contributed by atoms with van der Waals surface area (Å²) in [6.45, 7) is 2.18. The van der Waals surface area contributed by atoms with E-state index in [4.69, 9.17) is 9.47 Å². The maximum absolute atomic E-state index is 11.8. The van der Waals surface area contributed by atoms with Crippen LogP contribution in [0.2, 0.25) is 0 Å². The molecule has 0 radical (unpaired) electrons. The summed E-state index contributed by atoms with van der Waals surface area (Å²) in [5.74, 6) is 1.05. The predicted molar refractivity (Wildman–Crippen MR) is 82.5 cm³/mol. The van der Waals surface area contributed by atoms with Crippen LogP contribution in [0.5, 0.6) is 11.5 Å². The maximum Gasteiger partial charge on any atom is 0.231 e. The number of hydrogen-bond acceptors (Lipinski definition) is 5. The van der Waals surface area contributed by atoms with Gasteiger partial charge in [-0.3, -0.25) is 4.79 Å². The van der Waals surface area contributed by atoms with Crippen LogP contribution in [0.3, 0.4) is 0 Å². The number of benzene rings is 1. The Kier molecular flexibility index (Phi) is 5.62. The highest BCUT2D eigenvalue weighted by Gasteiger charge is 2.14. The molecule has 1 amide bonds. The van der Waals surface area contributed by atoms with E-state index in [1.165, 1.54) is 0 Å². The van der Waals surface area contributed by atoms with Crippen molar-refractivity contribution in [2.75, 3.05) is 24.4 Å². The SMILES string of the molecule is CCCCS(=O)(=O)NCCC(=O)Nc1ccc2c(c1)OCO2. The van der Waals surface area contributed by atoms with E-state index >= 15 is 0 Å². The fourth-order valence-corrected chi connectivity index (χ4v) is 3.15. The molecule has 7 nitrogen and oxygen atoms in total. The van der Waals surface area contributed by atoms with Crippen LogP contribution in [0.1, 0.15) is 26.2 Å². The lowest BCUT2D eigenvalue weighted by molar-refractivity contribution is -0.116. The lowest BCUT2D eigenvalue weighted by Gasteiger charge is -2.08. The average molecular weight is 328 g/mol. The van der Waals surface area contributed by atoms with Gasteiger partial charge in [-0.2, -0.15) is 0 Å². The van der Waals surface area contributed by atoms with Crippen molar-refractivity contribution in [3.8, 4) is 11.5 Å². The van der Waals surface area contributed by atoms with Crippen LogP contribution in [0.4, 0.5) is 5.69 Å². The molecule has 1 heterocycles. The normalized spacial score (nSPS) is 13.1. The topological polar surface area (TPSA) is 93.7 Å². The van der Waals surface area contributed by atoms with Crippen LogP contribution in [-0.4, -0.2) is 33.4 Å². The Morgan fingerprint density at radius 2 is 2.05 bits per heavy atom. The van der Waals surface area contributed by atoms with Gasteiger partial charge in [0, 0.05) is 24.7 Å². The first-order chi connectivity index (χ1) is 10.5. The fourth-order valence-electron chi connectivity index (χ4n) is 1.92. The number of rotatable bonds is 8. The first-order valence-corrected chi connectivity index (χ1v) is 8.82. The Hall–Kier alpha value is -1.80. The molecule has 0 saturated heterocycles. The van der Waals surface area contributed by atoms with Crippen molar-refractivity contribution in [3.05, 3.63) is 18.2 Å². The molecular formula is C14H20N2O5S. The van der Waals surface area contributed by atoms with E-state index < -0.39 is 10.0 Å². The first kappa shape index (κ1) is 16.6. The molecule has 1 aromatic rings. The molecule has 0 aliphatic carbocycles. The third-order valence-electron chi connectivity index (χ3n) is 3.10. The van der Waals surface area contributed by atoms with Gasteiger partial charge in [0.1, 0.15) is 0 Å². The molecule has 122 valence electrons. The van der Waals surface area contributed by atoms with Crippen molar-refractivity contribution < 1.29 is 22.7 Å². The Bertz CT molecular complexity index is 630. The molecule has 0 bridgehead atoms. The molecule has 8 heteroatoms. The zero-order valence-corrected chi connectivity index (χ0v) is 13.2. The second-order valence-corrected chi connectivity index (χ2v) is 6.86. The summed E-state index contributed by atoms with van der Waals surface area (Å²) in [5.41, 5.74) is 0.586. The second-order valence-electron chi connectivity index (χ2n) is 4.93. The van der Waals surface area contributed by atoms with Gasteiger partial charge in [-0.25, -0.2) is 13.1 Å². The van der Waals surface area contributed by atoms with Crippen LogP contribution in [-0.2, 0) is 14.8 Å². The quantitative estimate of drug-likeness (QED) is 0.753. The van der Waals surface area contributed by atoms with Gasteiger partial charge in [0.25, 0.3) is 0 Å². The van der Waals surface area contributed by atoms with Crippen LogP contribution in [0.15, 0.2) is 18.2 Å². The van der Waals surface area contributed by atoms with Gasteiger partial charge in [-0.15, -0.1) is 0 Å². The number of carbonyl (C=O) groups excluding carboxylic acids is 1. The van der Waals surface area contributed by atoms with Crippen LogP contribution >= 0.6 is 0 Å². The molecule has 1 aliphatic heterocycles. The monoisotopic (exact) mass is 328 g/mol. The number of unbranched alkanes of at least 4 members (excludes halogenated alkanes) is 1. The first-order valence-electron chi connectivity index (χ1n) is 7.17. The van der Waals surface area contributed by atoms with Gasteiger partial charge in [0.05, 0.1) is 5.75 Å². The number of carbonyl (C=O) groups is 1. The summed E-state index contributed by atoms with van der Waals surface area (Å²) in [5, 5.41) is 2.69. The zero-order chi connectivity index (χ0) is 16.0. The number of amides is 1. The maximum atomic E-state index is 11.8. The molecule has 22 heavy (non-hydrogen) atoms.